The van der Waals surface area contributed by atoms with E-state index in [1.54, 1.807) is 6.07 Å². The van der Waals surface area contributed by atoms with E-state index in [0.29, 0.717) is 18.8 Å². The number of likely N-dealkylation sites (tertiary alicyclic amines) is 1. The first-order valence-corrected chi connectivity index (χ1v) is 12.1. The minimum atomic E-state index is -0.662. The van der Waals surface area contributed by atoms with Crippen molar-refractivity contribution >= 4 is 17.6 Å². The van der Waals surface area contributed by atoms with E-state index in [1.165, 1.54) is 17.5 Å². The number of fused-ring (bicyclic) bond motifs is 1. The number of piperidine rings is 1. The van der Waals surface area contributed by atoms with Crippen LogP contribution in [0.25, 0.3) is 0 Å². The van der Waals surface area contributed by atoms with Gasteiger partial charge in [-0.25, -0.2) is 9.97 Å². The summed E-state index contributed by atoms with van der Waals surface area (Å²) in [5.41, 5.74) is 2.93. The Morgan fingerprint density at radius 1 is 1.15 bits per heavy atom. The van der Waals surface area contributed by atoms with E-state index in [0.717, 1.165) is 45.4 Å². The van der Waals surface area contributed by atoms with Crippen molar-refractivity contribution in [3.63, 3.8) is 0 Å². The summed E-state index contributed by atoms with van der Waals surface area (Å²) in [5.74, 6) is 0.441. The van der Waals surface area contributed by atoms with Gasteiger partial charge in [-0.15, -0.1) is 0 Å². The van der Waals surface area contributed by atoms with Gasteiger partial charge in [0.05, 0.1) is 6.10 Å². The average Bonchev–Trinajstić information content (AvgIpc) is 2.87. The maximum atomic E-state index is 12.6. The molecule has 2 amide bonds. The zero-order chi connectivity index (χ0) is 23.9. The summed E-state index contributed by atoms with van der Waals surface area (Å²) in [5, 5.41) is 16.6. The van der Waals surface area contributed by atoms with Crippen LogP contribution in [0.5, 0.6) is 0 Å². The maximum Gasteiger partial charge on any atom is 0.270 e. The third kappa shape index (κ3) is 6.30. The molecule has 1 fully saturated rings. The molecule has 1 atom stereocenters. The van der Waals surface area contributed by atoms with Gasteiger partial charge < -0.3 is 20.6 Å². The first kappa shape index (κ1) is 24.1. The first-order chi connectivity index (χ1) is 16.5. The number of aliphatic hydroxyl groups is 1. The molecule has 1 aromatic heterocycles. The van der Waals surface area contributed by atoms with Gasteiger partial charge in [-0.3, -0.25) is 14.5 Å². The van der Waals surface area contributed by atoms with Crippen LogP contribution in [0.2, 0.25) is 0 Å². The molecule has 0 radical (unpaired) electrons. The van der Waals surface area contributed by atoms with Crippen molar-refractivity contribution in [2.75, 3.05) is 38.0 Å². The number of hydrogen-bond donors (Lipinski definition) is 3. The number of hydrogen-bond acceptors (Lipinski definition) is 7. The van der Waals surface area contributed by atoms with Crippen LogP contribution < -0.4 is 10.6 Å². The van der Waals surface area contributed by atoms with E-state index < -0.39 is 6.10 Å². The van der Waals surface area contributed by atoms with Crippen molar-refractivity contribution < 1.29 is 14.7 Å². The topological polar surface area (TPSA) is 111 Å². The van der Waals surface area contributed by atoms with Crippen LogP contribution in [-0.4, -0.2) is 81.6 Å². The summed E-state index contributed by atoms with van der Waals surface area (Å²) in [4.78, 5) is 36.9. The minimum Gasteiger partial charge on any atom is -0.390 e. The Morgan fingerprint density at radius 3 is 2.68 bits per heavy atom. The van der Waals surface area contributed by atoms with Crippen LogP contribution in [0, 0.1) is 0 Å². The van der Waals surface area contributed by atoms with Crippen LogP contribution in [0.15, 0.2) is 36.7 Å². The summed E-state index contributed by atoms with van der Waals surface area (Å²) in [6, 6.07) is 10.2. The van der Waals surface area contributed by atoms with E-state index in [9.17, 15) is 14.7 Å². The summed E-state index contributed by atoms with van der Waals surface area (Å²) in [7, 11) is 0. The Labute approximate surface area is 200 Å². The minimum absolute atomic E-state index is 0.160. The lowest BCUT2D eigenvalue weighted by molar-refractivity contribution is -0.131. The lowest BCUT2D eigenvalue weighted by atomic mass is 10.00. The van der Waals surface area contributed by atoms with E-state index in [-0.39, 0.29) is 30.1 Å². The number of benzene rings is 1. The van der Waals surface area contributed by atoms with Gasteiger partial charge in [-0.2, -0.15) is 0 Å². The molecular weight excluding hydrogens is 432 g/mol. The molecule has 34 heavy (non-hydrogen) atoms. The van der Waals surface area contributed by atoms with Crippen molar-refractivity contribution in [1.29, 1.82) is 0 Å². The molecule has 182 valence electrons. The zero-order valence-electron chi connectivity index (χ0n) is 19.7. The molecule has 2 aliphatic rings. The van der Waals surface area contributed by atoms with Crippen molar-refractivity contribution in [3.05, 3.63) is 53.5 Å². The molecule has 0 spiro atoms. The molecule has 1 saturated heterocycles. The molecule has 1 aromatic carbocycles. The van der Waals surface area contributed by atoms with Gasteiger partial charge >= 0.3 is 0 Å². The van der Waals surface area contributed by atoms with Crippen LogP contribution >= 0.6 is 0 Å². The maximum absolute atomic E-state index is 12.6. The lowest BCUT2D eigenvalue weighted by Crippen LogP contribution is -2.42. The number of nitrogens with zero attached hydrogens (tertiary/aromatic N) is 4. The molecular formula is C25H34N6O3. The van der Waals surface area contributed by atoms with Gasteiger partial charge in [0.2, 0.25) is 5.91 Å². The first-order valence-electron chi connectivity index (χ1n) is 12.1. The molecule has 0 bridgehead atoms. The normalized spacial score (nSPS) is 17.6. The quantitative estimate of drug-likeness (QED) is 0.540. The number of rotatable bonds is 8. The third-order valence-electron chi connectivity index (χ3n) is 6.58. The second kappa shape index (κ2) is 11.4. The fraction of sp³-hybridized carbons (Fsp3) is 0.520. The molecule has 0 saturated carbocycles. The van der Waals surface area contributed by atoms with Crippen molar-refractivity contribution in [3.8, 4) is 0 Å². The number of anilines is 1. The largest absolute Gasteiger partial charge is 0.390 e. The molecule has 2 aromatic rings. The number of β-amino-alcohol motifs (C(OH)–C–C–N with tert-alkyl or cyclic N) is 1. The highest BCUT2D eigenvalue weighted by Gasteiger charge is 2.23. The highest BCUT2D eigenvalue weighted by atomic mass is 16.3. The molecule has 9 nitrogen and oxygen atoms in total. The highest BCUT2D eigenvalue weighted by Crippen LogP contribution is 2.19. The van der Waals surface area contributed by atoms with Crippen LogP contribution in [0.1, 0.15) is 47.8 Å². The number of nitrogens with one attached hydrogen (secondary N) is 2. The van der Waals surface area contributed by atoms with Crippen LogP contribution in [0.3, 0.4) is 0 Å². The monoisotopic (exact) mass is 466 g/mol. The molecule has 3 heterocycles. The molecule has 3 N–H and O–H groups in total. The average molecular weight is 467 g/mol. The summed E-state index contributed by atoms with van der Waals surface area (Å²) >= 11 is 0. The van der Waals surface area contributed by atoms with E-state index >= 15 is 0 Å². The number of aliphatic hydroxyl groups excluding tert-OH is 1. The van der Waals surface area contributed by atoms with E-state index in [2.05, 4.69) is 43.7 Å². The van der Waals surface area contributed by atoms with Gasteiger partial charge in [0.1, 0.15) is 17.8 Å². The highest BCUT2D eigenvalue weighted by molar-refractivity contribution is 5.92. The van der Waals surface area contributed by atoms with Gasteiger partial charge in [0, 0.05) is 57.8 Å². The second-order valence-electron chi connectivity index (χ2n) is 9.06. The van der Waals surface area contributed by atoms with E-state index in [1.807, 2.05) is 17.9 Å². The van der Waals surface area contributed by atoms with Crippen molar-refractivity contribution in [2.24, 2.45) is 0 Å². The van der Waals surface area contributed by atoms with Crippen molar-refractivity contribution in [1.82, 2.24) is 25.1 Å². The Balaban J connectivity index is 1.22. The van der Waals surface area contributed by atoms with E-state index in [4.69, 9.17) is 0 Å². The van der Waals surface area contributed by atoms with Crippen LogP contribution in [0.4, 0.5) is 5.82 Å². The predicted molar refractivity (Wildman–Crippen MR) is 129 cm³/mol. The van der Waals surface area contributed by atoms with Crippen molar-refractivity contribution in [2.45, 2.75) is 51.3 Å². The predicted octanol–water partition coefficient (Wildman–Crippen LogP) is 1.44. The molecule has 9 heteroatoms. The number of amides is 2. The smallest absolute Gasteiger partial charge is 0.270 e. The SMILES string of the molecule is CCC(=O)N1CCC(Nc2cc(C(=O)NC[C@H](O)CN3CCc4ccccc4C3)ncn2)CC1. The number of carbonyl (C=O) groups is 2. The Bertz CT molecular complexity index is 992. The van der Waals surface area contributed by atoms with Gasteiger partial charge in [0.15, 0.2) is 0 Å². The zero-order valence-corrected chi connectivity index (χ0v) is 19.7. The third-order valence-corrected chi connectivity index (χ3v) is 6.58. The molecule has 2 aliphatic heterocycles. The Morgan fingerprint density at radius 2 is 1.91 bits per heavy atom. The fourth-order valence-electron chi connectivity index (χ4n) is 4.64. The van der Waals surface area contributed by atoms with Gasteiger partial charge in [0.25, 0.3) is 5.91 Å². The Kier molecular flexibility index (Phi) is 8.08. The van der Waals surface area contributed by atoms with Crippen LogP contribution in [-0.2, 0) is 17.8 Å². The standard InChI is InChI=1S/C25H34N6O3/c1-2-24(33)31-11-8-20(9-12-31)29-23-13-22(27-17-28-23)25(34)26-14-21(32)16-30-10-7-18-5-3-4-6-19(18)15-30/h3-6,13,17,20-21,32H,2,7-12,14-16H2,1H3,(H,26,34)(H,27,28,29)/t21-/m0/s1. The lowest BCUT2D eigenvalue weighted by Gasteiger charge is -2.32. The number of aromatic nitrogens is 2. The summed E-state index contributed by atoms with van der Waals surface area (Å²) in [6.07, 6.45) is 3.89. The Hall–Kier alpha value is -3.04. The molecule has 0 aliphatic carbocycles. The second-order valence-corrected chi connectivity index (χ2v) is 9.06. The summed E-state index contributed by atoms with van der Waals surface area (Å²) in [6.45, 7) is 5.71. The molecule has 4 rings (SSSR count). The number of carbonyl (C=O) groups excluding carboxylic acids is 2. The fourth-order valence-corrected chi connectivity index (χ4v) is 4.64. The summed E-state index contributed by atoms with van der Waals surface area (Å²) < 4.78 is 0. The molecule has 0 unspecified atom stereocenters. The van der Waals surface area contributed by atoms with Gasteiger partial charge in [-0.1, -0.05) is 31.2 Å². The van der Waals surface area contributed by atoms with Gasteiger partial charge in [-0.05, 0) is 30.4 Å².